The van der Waals surface area contributed by atoms with E-state index in [1.54, 1.807) is 11.3 Å². The summed E-state index contributed by atoms with van der Waals surface area (Å²) in [6.07, 6.45) is -0.289. The van der Waals surface area contributed by atoms with Crippen molar-refractivity contribution < 1.29 is 13.2 Å². The molecule has 0 saturated carbocycles. The lowest BCUT2D eigenvalue weighted by Crippen LogP contribution is -2.56. The molecular formula is C16H23F3N6S. The Bertz CT molecular complexity index is 716. The second kappa shape index (κ2) is 7.83. The molecule has 2 aromatic rings. The normalized spacial score (nSPS) is 18.5. The van der Waals surface area contributed by atoms with E-state index in [-0.39, 0.29) is 0 Å². The van der Waals surface area contributed by atoms with Crippen molar-refractivity contribution in [2.45, 2.75) is 32.6 Å². The summed E-state index contributed by atoms with van der Waals surface area (Å²) >= 11 is 1.57. The van der Waals surface area contributed by atoms with Gasteiger partial charge in [0.1, 0.15) is 6.04 Å². The first-order valence-corrected chi connectivity index (χ1v) is 9.51. The van der Waals surface area contributed by atoms with Crippen LogP contribution in [0.25, 0.3) is 4.96 Å². The van der Waals surface area contributed by atoms with Crippen molar-refractivity contribution in [3.8, 4) is 0 Å². The van der Waals surface area contributed by atoms with Crippen LogP contribution in [0.4, 0.5) is 13.2 Å². The second-order valence-electron chi connectivity index (χ2n) is 6.24. The highest BCUT2D eigenvalue weighted by Gasteiger charge is 2.41. The van der Waals surface area contributed by atoms with Gasteiger partial charge in [-0.15, -0.1) is 11.3 Å². The van der Waals surface area contributed by atoms with Crippen molar-refractivity contribution in [1.82, 2.24) is 24.5 Å². The fraction of sp³-hybridized carbons (Fsp3) is 0.625. The van der Waals surface area contributed by atoms with E-state index in [1.165, 1.54) is 11.8 Å². The average molecular weight is 388 g/mol. The van der Waals surface area contributed by atoms with Gasteiger partial charge in [-0.2, -0.15) is 13.2 Å². The monoisotopic (exact) mass is 388 g/mol. The number of fused-ring (bicyclic) bond motifs is 1. The van der Waals surface area contributed by atoms with Gasteiger partial charge >= 0.3 is 6.18 Å². The predicted octanol–water partition coefficient (Wildman–Crippen LogP) is 2.43. The summed E-state index contributed by atoms with van der Waals surface area (Å²) in [7, 11) is 0. The number of nitrogens with zero attached hydrogens (tertiary/aromatic N) is 5. The molecule has 1 saturated heterocycles. The van der Waals surface area contributed by atoms with Crippen LogP contribution in [-0.2, 0) is 6.54 Å². The molecule has 2 aromatic heterocycles. The van der Waals surface area contributed by atoms with E-state index in [0.717, 1.165) is 16.6 Å². The van der Waals surface area contributed by atoms with Crippen molar-refractivity contribution >= 4 is 22.3 Å². The number of hydrogen-bond donors (Lipinski definition) is 1. The van der Waals surface area contributed by atoms with Crippen molar-refractivity contribution in [3.63, 3.8) is 0 Å². The number of piperazine rings is 1. The molecular weight excluding hydrogens is 365 g/mol. The van der Waals surface area contributed by atoms with E-state index in [9.17, 15) is 13.2 Å². The quantitative estimate of drug-likeness (QED) is 0.646. The minimum atomic E-state index is -4.19. The van der Waals surface area contributed by atoms with E-state index < -0.39 is 12.2 Å². The number of hydrogen-bond acceptors (Lipinski definition) is 4. The van der Waals surface area contributed by atoms with Crippen molar-refractivity contribution in [3.05, 3.63) is 23.5 Å². The molecule has 26 heavy (non-hydrogen) atoms. The van der Waals surface area contributed by atoms with Gasteiger partial charge in [-0.05, 0) is 13.8 Å². The van der Waals surface area contributed by atoms with Crippen LogP contribution in [0.2, 0.25) is 0 Å². The minimum Gasteiger partial charge on any atom is -0.357 e. The number of imidazole rings is 1. The van der Waals surface area contributed by atoms with Gasteiger partial charge in [-0.1, -0.05) is 0 Å². The van der Waals surface area contributed by atoms with Crippen LogP contribution in [-0.4, -0.2) is 70.1 Å². The Kier molecular flexibility index (Phi) is 5.71. The molecule has 0 bridgehead atoms. The first-order chi connectivity index (χ1) is 12.4. The molecule has 1 aliphatic rings. The van der Waals surface area contributed by atoms with Crippen molar-refractivity contribution in [2.75, 3.05) is 32.7 Å². The summed E-state index contributed by atoms with van der Waals surface area (Å²) in [5.41, 5.74) is 0.872. The summed E-state index contributed by atoms with van der Waals surface area (Å²) in [4.78, 5) is 13.5. The molecule has 6 nitrogen and oxygen atoms in total. The molecule has 10 heteroatoms. The minimum absolute atomic E-state index is 0.366. The first-order valence-electron chi connectivity index (χ1n) is 8.63. The molecule has 0 radical (unpaired) electrons. The number of aliphatic imine (C=N–C) groups is 1. The summed E-state index contributed by atoms with van der Waals surface area (Å²) in [6, 6.07) is -1.41. The fourth-order valence-electron chi connectivity index (χ4n) is 2.96. The number of aromatic nitrogens is 2. The first kappa shape index (κ1) is 19.0. The Balaban J connectivity index is 1.62. The summed E-state index contributed by atoms with van der Waals surface area (Å²) in [5.74, 6) is 0.725. The molecule has 0 amide bonds. The van der Waals surface area contributed by atoms with Crippen LogP contribution >= 0.6 is 11.3 Å². The summed E-state index contributed by atoms with van der Waals surface area (Å²) in [6.45, 7) is 6.11. The number of alkyl halides is 3. The van der Waals surface area contributed by atoms with Gasteiger partial charge in [0.25, 0.3) is 0 Å². The zero-order valence-electron chi connectivity index (χ0n) is 14.8. The van der Waals surface area contributed by atoms with Crippen LogP contribution in [0.15, 0.2) is 22.8 Å². The highest BCUT2D eigenvalue weighted by atomic mass is 32.1. The molecule has 1 N–H and O–H groups in total. The third-order valence-corrected chi connectivity index (χ3v) is 5.27. The standard InChI is InChI=1S/C16H23F3N6S/c1-3-20-14(21-10-13-11-25-8-9-26-15(25)22-13)24-6-4-23(5-7-24)12(2)16(17,18)19/h8-9,11-12H,3-7,10H2,1-2H3,(H,20,21). The number of rotatable bonds is 4. The maximum Gasteiger partial charge on any atom is 0.403 e. The SMILES string of the molecule is CCNC(=NCc1cn2ccsc2n1)N1CCN(C(C)C(F)(F)F)CC1. The molecule has 0 aliphatic carbocycles. The highest BCUT2D eigenvalue weighted by Crippen LogP contribution is 2.25. The van der Waals surface area contributed by atoms with Gasteiger partial charge in [0.15, 0.2) is 10.9 Å². The number of thiazole rings is 1. The van der Waals surface area contributed by atoms with Crippen LogP contribution in [0.5, 0.6) is 0 Å². The Hall–Kier alpha value is -1.81. The summed E-state index contributed by atoms with van der Waals surface area (Å²) in [5, 5.41) is 5.20. The highest BCUT2D eigenvalue weighted by molar-refractivity contribution is 7.15. The molecule has 3 rings (SSSR count). The lowest BCUT2D eigenvalue weighted by atomic mass is 10.2. The third-order valence-electron chi connectivity index (χ3n) is 4.50. The number of halogens is 3. The van der Waals surface area contributed by atoms with E-state index >= 15 is 0 Å². The van der Waals surface area contributed by atoms with Crippen LogP contribution in [0.3, 0.4) is 0 Å². The van der Waals surface area contributed by atoms with E-state index in [1.807, 2.05) is 34.0 Å². The molecule has 1 atom stereocenters. The van der Waals surface area contributed by atoms with Gasteiger partial charge in [0, 0.05) is 50.5 Å². The lowest BCUT2D eigenvalue weighted by Gasteiger charge is -2.39. The van der Waals surface area contributed by atoms with E-state index in [2.05, 4.69) is 15.3 Å². The number of guanidine groups is 1. The Morgan fingerprint density at radius 1 is 1.35 bits per heavy atom. The van der Waals surface area contributed by atoms with Crippen LogP contribution in [0, 0.1) is 0 Å². The van der Waals surface area contributed by atoms with Gasteiger partial charge in [0.05, 0.1) is 12.2 Å². The van der Waals surface area contributed by atoms with Gasteiger partial charge in [-0.3, -0.25) is 9.30 Å². The number of nitrogens with one attached hydrogen (secondary N) is 1. The topological polar surface area (TPSA) is 48.2 Å². The predicted molar refractivity (Wildman–Crippen MR) is 96.5 cm³/mol. The fourth-order valence-corrected chi connectivity index (χ4v) is 3.68. The zero-order valence-corrected chi connectivity index (χ0v) is 15.6. The third kappa shape index (κ3) is 4.29. The zero-order chi connectivity index (χ0) is 18.7. The molecule has 1 fully saturated rings. The smallest absolute Gasteiger partial charge is 0.357 e. The van der Waals surface area contributed by atoms with Gasteiger partial charge in [0.2, 0.25) is 0 Å². The Labute approximate surface area is 154 Å². The molecule has 0 aromatic carbocycles. The molecule has 0 spiro atoms. The maximum absolute atomic E-state index is 12.9. The Morgan fingerprint density at radius 2 is 2.08 bits per heavy atom. The van der Waals surface area contributed by atoms with Crippen LogP contribution in [0.1, 0.15) is 19.5 Å². The van der Waals surface area contributed by atoms with Crippen LogP contribution < -0.4 is 5.32 Å². The van der Waals surface area contributed by atoms with E-state index in [4.69, 9.17) is 0 Å². The summed E-state index contributed by atoms with van der Waals surface area (Å²) < 4.78 is 40.6. The molecule has 144 valence electrons. The van der Waals surface area contributed by atoms with Crippen molar-refractivity contribution in [2.24, 2.45) is 4.99 Å². The molecule has 1 aliphatic heterocycles. The van der Waals surface area contributed by atoms with Crippen molar-refractivity contribution in [1.29, 1.82) is 0 Å². The van der Waals surface area contributed by atoms with Gasteiger partial charge < -0.3 is 10.2 Å². The second-order valence-corrected chi connectivity index (χ2v) is 7.11. The van der Waals surface area contributed by atoms with Gasteiger partial charge in [-0.25, -0.2) is 9.98 Å². The largest absolute Gasteiger partial charge is 0.403 e. The molecule has 1 unspecified atom stereocenters. The molecule has 3 heterocycles. The van der Waals surface area contributed by atoms with E-state index in [0.29, 0.717) is 39.3 Å². The lowest BCUT2D eigenvalue weighted by molar-refractivity contribution is -0.181. The Morgan fingerprint density at radius 3 is 2.69 bits per heavy atom. The maximum atomic E-state index is 12.9. The average Bonchev–Trinajstić information content (AvgIpc) is 3.19.